The molecule has 1 fully saturated rings. The van der Waals surface area contributed by atoms with Crippen molar-refractivity contribution in [2.45, 2.75) is 29.7 Å². The van der Waals surface area contributed by atoms with Crippen molar-refractivity contribution in [1.29, 1.82) is 0 Å². The molecule has 0 spiro atoms. The van der Waals surface area contributed by atoms with E-state index in [2.05, 4.69) is 4.72 Å². The predicted octanol–water partition coefficient (Wildman–Crippen LogP) is 2.78. The molecule has 0 saturated heterocycles. The monoisotopic (exact) mass is 293 g/mol. The Balaban J connectivity index is 2.25. The normalized spacial score (nSPS) is 18.7. The van der Waals surface area contributed by atoms with Crippen molar-refractivity contribution in [3.8, 4) is 0 Å². The predicted molar refractivity (Wildman–Crippen MR) is 69.1 cm³/mol. The van der Waals surface area contributed by atoms with Gasteiger partial charge in [0, 0.05) is 16.4 Å². The number of nitrogens with one attached hydrogen (secondary N) is 1. The van der Waals surface area contributed by atoms with Gasteiger partial charge in [0.1, 0.15) is 0 Å². The molecular weight excluding hydrogens is 281 g/mol. The molecule has 1 N–H and O–H groups in total. The van der Waals surface area contributed by atoms with E-state index in [1.165, 1.54) is 12.1 Å². The van der Waals surface area contributed by atoms with Crippen LogP contribution in [-0.4, -0.2) is 19.8 Å². The Hall–Kier alpha value is -0.290. The van der Waals surface area contributed by atoms with Crippen LogP contribution in [0.3, 0.4) is 0 Å². The van der Waals surface area contributed by atoms with Gasteiger partial charge >= 0.3 is 0 Å². The van der Waals surface area contributed by atoms with E-state index < -0.39 is 15.6 Å². The van der Waals surface area contributed by atoms with E-state index in [4.69, 9.17) is 23.2 Å². The van der Waals surface area contributed by atoms with Gasteiger partial charge in [-0.3, -0.25) is 0 Å². The first-order chi connectivity index (χ1) is 7.97. The summed E-state index contributed by atoms with van der Waals surface area (Å²) in [7, 11) is -3.53. The molecule has 1 aliphatic carbocycles. The van der Waals surface area contributed by atoms with Crippen molar-refractivity contribution >= 4 is 33.2 Å². The van der Waals surface area contributed by atoms with E-state index in [-0.39, 0.29) is 4.90 Å². The third-order valence-corrected chi connectivity index (χ3v) is 5.35. The lowest BCUT2D eigenvalue weighted by Crippen LogP contribution is -2.54. The summed E-state index contributed by atoms with van der Waals surface area (Å²) in [5.41, 5.74) is -0.470. The molecule has 6 heteroatoms. The summed E-state index contributed by atoms with van der Waals surface area (Å²) < 4.78 is 26.9. The molecule has 1 saturated carbocycles. The summed E-state index contributed by atoms with van der Waals surface area (Å²) in [4.78, 5) is 0.182. The Kier molecular flexibility index (Phi) is 3.69. The van der Waals surface area contributed by atoms with E-state index in [1.54, 1.807) is 12.1 Å². The first-order valence-electron chi connectivity index (χ1n) is 5.33. The third-order valence-electron chi connectivity index (χ3n) is 3.02. The largest absolute Gasteiger partial charge is 0.241 e. The fraction of sp³-hybridized carbons (Fsp3) is 0.455. The molecule has 1 aliphatic rings. The zero-order chi connectivity index (χ0) is 12.5. The molecule has 0 radical (unpaired) electrons. The molecule has 1 aromatic rings. The first-order valence-corrected chi connectivity index (χ1v) is 7.73. The summed E-state index contributed by atoms with van der Waals surface area (Å²) in [6.07, 6.45) is 2.58. The number of sulfonamides is 1. The van der Waals surface area contributed by atoms with Gasteiger partial charge in [-0.1, -0.05) is 17.7 Å². The van der Waals surface area contributed by atoms with Crippen LogP contribution >= 0.6 is 23.2 Å². The maximum atomic E-state index is 12.1. The SMILES string of the molecule is O=S(=O)(NC1(CCl)CCC1)c1cccc(Cl)c1. The van der Waals surface area contributed by atoms with Crippen molar-refractivity contribution in [3.63, 3.8) is 0 Å². The van der Waals surface area contributed by atoms with Crippen molar-refractivity contribution < 1.29 is 8.42 Å². The summed E-state index contributed by atoms with van der Waals surface area (Å²) in [5, 5.41) is 0.404. The smallest absolute Gasteiger partial charge is 0.207 e. The van der Waals surface area contributed by atoms with Crippen LogP contribution in [-0.2, 0) is 10.0 Å². The third kappa shape index (κ3) is 2.76. The Morgan fingerprint density at radius 1 is 1.35 bits per heavy atom. The molecule has 0 atom stereocenters. The fourth-order valence-electron chi connectivity index (χ4n) is 1.84. The zero-order valence-electron chi connectivity index (χ0n) is 9.12. The van der Waals surface area contributed by atoms with Crippen LogP contribution in [0.15, 0.2) is 29.2 Å². The molecule has 1 aromatic carbocycles. The molecule has 0 aliphatic heterocycles. The minimum atomic E-state index is -3.53. The average Bonchev–Trinajstić information content (AvgIpc) is 2.24. The molecule has 0 amide bonds. The van der Waals surface area contributed by atoms with Crippen LogP contribution in [0.5, 0.6) is 0 Å². The van der Waals surface area contributed by atoms with Crippen LogP contribution < -0.4 is 4.72 Å². The standard InChI is InChI=1S/C11H13Cl2NO2S/c12-8-11(5-2-6-11)14-17(15,16)10-4-1-3-9(13)7-10/h1,3-4,7,14H,2,5-6,8H2. The second-order valence-corrected chi connectivity index (χ2v) is 6.72. The number of halogens is 2. The lowest BCUT2D eigenvalue weighted by Gasteiger charge is -2.40. The second kappa shape index (κ2) is 4.76. The maximum absolute atomic E-state index is 12.1. The zero-order valence-corrected chi connectivity index (χ0v) is 11.4. The van der Waals surface area contributed by atoms with Gasteiger partial charge in [-0.25, -0.2) is 13.1 Å². The van der Waals surface area contributed by atoms with Crippen LogP contribution in [0.1, 0.15) is 19.3 Å². The van der Waals surface area contributed by atoms with Gasteiger partial charge in [-0.15, -0.1) is 11.6 Å². The second-order valence-electron chi connectivity index (χ2n) is 4.33. The highest BCUT2D eigenvalue weighted by Gasteiger charge is 2.40. The first kappa shape index (κ1) is 13.1. The molecule has 17 heavy (non-hydrogen) atoms. The maximum Gasteiger partial charge on any atom is 0.241 e. The molecule has 3 nitrogen and oxygen atoms in total. The number of hydrogen-bond acceptors (Lipinski definition) is 2. The van der Waals surface area contributed by atoms with Gasteiger partial charge < -0.3 is 0 Å². The molecule has 0 unspecified atom stereocenters. The average molecular weight is 294 g/mol. The summed E-state index contributed by atoms with van der Waals surface area (Å²) in [6.45, 7) is 0. The van der Waals surface area contributed by atoms with Gasteiger partial charge in [0.15, 0.2) is 0 Å². The van der Waals surface area contributed by atoms with Crippen LogP contribution in [0.4, 0.5) is 0 Å². The van der Waals surface area contributed by atoms with Crippen molar-refractivity contribution in [2.24, 2.45) is 0 Å². The quantitative estimate of drug-likeness (QED) is 0.868. The van der Waals surface area contributed by atoms with Crippen molar-refractivity contribution in [1.82, 2.24) is 4.72 Å². The number of benzene rings is 1. The van der Waals surface area contributed by atoms with E-state index >= 15 is 0 Å². The number of alkyl halides is 1. The molecule has 2 rings (SSSR count). The number of hydrogen-bond donors (Lipinski definition) is 1. The van der Waals surface area contributed by atoms with Crippen LogP contribution in [0.2, 0.25) is 5.02 Å². The lowest BCUT2D eigenvalue weighted by molar-refractivity contribution is 0.252. The molecule has 0 bridgehead atoms. The molecule has 0 heterocycles. The highest BCUT2D eigenvalue weighted by Crippen LogP contribution is 2.34. The summed E-state index contributed by atoms with van der Waals surface area (Å²) in [6, 6.07) is 6.21. The fourth-order valence-corrected chi connectivity index (χ4v) is 4.02. The number of rotatable bonds is 4. The summed E-state index contributed by atoms with van der Waals surface area (Å²) >= 11 is 11.6. The molecule has 0 aromatic heterocycles. The van der Waals surface area contributed by atoms with Gasteiger partial charge in [0.05, 0.1) is 4.90 Å². The Bertz CT molecular complexity index is 506. The lowest BCUT2D eigenvalue weighted by atomic mass is 9.79. The van der Waals surface area contributed by atoms with Gasteiger partial charge in [-0.05, 0) is 37.5 Å². The van der Waals surface area contributed by atoms with E-state index in [1.807, 2.05) is 0 Å². The molecule has 94 valence electrons. The highest BCUT2D eigenvalue weighted by atomic mass is 35.5. The Morgan fingerprint density at radius 2 is 2.06 bits per heavy atom. The minimum absolute atomic E-state index is 0.182. The highest BCUT2D eigenvalue weighted by molar-refractivity contribution is 7.89. The van der Waals surface area contributed by atoms with Crippen molar-refractivity contribution in [2.75, 3.05) is 5.88 Å². The van der Waals surface area contributed by atoms with E-state index in [0.717, 1.165) is 19.3 Å². The minimum Gasteiger partial charge on any atom is -0.207 e. The van der Waals surface area contributed by atoms with Gasteiger partial charge in [0.25, 0.3) is 0 Å². The Morgan fingerprint density at radius 3 is 2.53 bits per heavy atom. The van der Waals surface area contributed by atoms with Crippen LogP contribution in [0.25, 0.3) is 0 Å². The van der Waals surface area contributed by atoms with E-state index in [0.29, 0.717) is 10.9 Å². The topological polar surface area (TPSA) is 46.2 Å². The van der Waals surface area contributed by atoms with Gasteiger partial charge in [0.2, 0.25) is 10.0 Å². The van der Waals surface area contributed by atoms with Crippen LogP contribution in [0, 0.1) is 0 Å². The summed E-state index contributed by atoms with van der Waals surface area (Å²) in [5.74, 6) is 0.298. The van der Waals surface area contributed by atoms with E-state index in [9.17, 15) is 8.42 Å². The molecular formula is C11H13Cl2NO2S. The Labute approximate surface area is 111 Å². The van der Waals surface area contributed by atoms with Gasteiger partial charge in [-0.2, -0.15) is 0 Å². The van der Waals surface area contributed by atoms with Crippen molar-refractivity contribution in [3.05, 3.63) is 29.3 Å².